The third-order valence-corrected chi connectivity index (χ3v) is 6.14. The number of hydrogen-bond acceptors (Lipinski definition) is 4. The van der Waals surface area contributed by atoms with Crippen LogP contribution in [0.15, 0.2) is 58.3 Å². The number of fused-ring (bicyclic) bond motifs is 1. The number of amides is 2. The topological polar surface area (TPSA) is 58.6 Å². The SMILES string of the molecule is Cc1ccc(/C=C2/Sc3ccccc3N(CC(=O)NC[C@@H]3CCCO3)C2=O)cc1. The van der Waals surface area contributed by atoms with Crippen LogP contribution in [-0.2, 0) is 14.3 Å². The fraction of sp³-hybridized carbons (Fsp3) is 0.304. The zero-order chi connectivity index (χ0) is 20.2. The predicted molar refractivity (Wildman–Crippen MR) is 116 cm³/mol. The molecule has 2 aliphatic rings. The Balaban J connectivity index is 1.53. The molecule has 0 bridgehead atoms. The number of carbonyl (C=O) groups is 2. The Hall–Kier alpha value is -2.57. The number of hydrogen-bond donors (Lipinski definition) is 1. The van der Waals surface area contributed by atoms with E-state index >= 15 is 0 Å². The third kappa shape index (κ3) is 4.71. The number of ether oxygens (including phenoxy) is 1. The highest BCUT2D eigenvalue weighted by Gasteiger charge is 2.30. The van der Waals surface area contributed by atoms with Crippen molar-refractivity contribution in [1.82, 2.24) is 5.32 Å². The summed E-state index contributed by atoms with van der Waals surface area (Å²) in [4.78, 5) is 28.9. The zero-order valence-corrected chi connectivity index (χ0v) is 17.2. The number of para-hydroxylation sites is 1. The van der Waals surface area contributed by atoms with Crippen LogP contribution in [0.5, 0.6) is 0 Å². The predicted octanol–water partition coefficient (Wildman–Crippen LogP) is 3.77. The van der Waals surface area contributed by atoms with Crippen LogP contribution in [0.4, 0.5) is 5.69 Å². The molecule has 2 amide bonds. The van der Waals surface area contributed by atoms with Crippen molar-refractivity contribution >= 4 is 35.3 Å². The second-order valence-electron chi connectivity index (χ2n) is 7.32. The second kappa shape index (κ2) is 8.84. The number of rotatable bonds is 5. The lowest BCUT2D eigenvalue weighted by Crippen LogP contribution is -2.44. The largest absolute Gasteiger partial charge is 0.376 e. The molecular formula is C23H24N2O3S. The molecule has 1 saturated heterocycles. The molecule has 0 aliphatic carbocycles. The molecule has 1 N–H and O–H groups in total. The van der Waals surface area contributed by atoms with E-state index in [1.807, 2.05) is 61.5 Å². The molecule has 1 fully saturated rings. The van der Waals surface area contributed by atoms with Crippen LogP contribution < -0.4 is 10.2 Å². The highest BCUT2D eigenvalue weighted by molar-refractivity contribution is 8.04. The first-order valence-electron chi connectivity index (χ1n) is 9.85. The van der Waals surface area contributed by atoms with Gasteiger partial charge in [0, 0.05) is 18.0 Å². The van der Waals surface area contributed by atoms with Crippen molar-refractivity contribution in [2.24, 2.45) is 0 Å². The molecule has 2 aromatic carbocycles. The van der Waals surface area contributed by atoms with Crippen LogP contribution in [0.3, 0.4) is 0 Å². The number of anilines is 1. The van der Waals surface area contributed by atoms with E-state index in [0.717, 1.165) is 35.6 Å². The maximum absolute atomic E-state index is 13.2. The smallest absolute Gasteiger partial charge is 0.265 e. The molecule has 2 aliphatic heterocycles. The van der Waals surface area contributed by atoms with Crippen LogP contribution in [-0.4, -0.2) is 37.6 Å². The molecule has 0 unspecified atom stereocenters. The van der Waals surface area contributed by atoms with Crippen molar-refractivity contribution < 1.29 is 14.3 Å². The highest BCUT2D eigenvalue weighted by atomic mass is 32.2. The lowest BCUT2D eigenvalue weighted by Gasteiger charge is -2.30. The van der Waals surface area contributed by atoms with E-state index in [4.69, 9.17) is 4.74 Å². The first-order chi connectivity index (χ1) is 14.1. The van der Waals surface area contributed by atoms with Crippen molar-refractivity contribution in [2.75, 3.05) is 24.6 Å². The summed E-state index contributed by atoms with van der Waals surface area (Å²) in [5, 5.41) is 2.91. The van der Waals surface area contributed by atoms with Gasteiger partial charge in [-0.15, -0.1) is 0 Å². The summed E-state index contributed by atoms with van der Waals surface area (Å²) < 4.78 is 5.55. The first kappa shape index (κ1) is 19.7. The molecule has 0 saturated carbocycles. The quantitative estimate of drug-likeness (QED) is 0.765. The van der Waals surface area contributed by atoms with Gasteiger partial charge in [-0.3, -0.25) is 14.5 Å². The zero-order valence-electron chi connectivity index (χ0n) is 16.4. The summed E-state index contributed by atoms with van der Waals surface area (Å²) in [5.74, 6) is -0.327. The molecule has 4 rings (SSSR count). The van der Waals surface area contributed by atoms with Crippen molar-refractivity contribution in [2.45, 2.75) is 30.8 Å². The third-order valence-electron chi connectivity index (χ3n) is 5.06. The number of benzene rings is 2. The van der Waals surface area contributed by atoms with Crippen LogP contribution in [0.2, 0.25) is 0 Å². The Labute approximate surface area is 175 Å². The molecule has 29 heavy (non-hydrogen) atoms. The van der Waals surface area contributed by atoms with Crippen LogP contribution in [0, 0.1) is 6.92 Å². The van der Waals surface area contributed by atoms with Gasteiger partial charge >= 0.3 is 0 Å². The van der Waals surface area contributed by atoms with Gasteiger partial charge in [-0.05, 0) is 43.5 Å². The van der Waals surface area contributed by atoms with E-state index in [-0.39, 0.29) is 24.5 Å². The molecule has 6 heteroatoms. The Bertz CT molecular complexity index is 933. The summed E-state index contributed by atoms with van der Waals surface area (Å²) in [6.07, 6.45) is 3.96. The van der Waals surface area contributed by atoms with E-state index in [2.05, 4.69) is 5.32 Å². The standard InChI is InChI=1S/C23H24N2O3S/c1-16-8-10-17(11-9-16)13-21-23(27)25(19-6-2-3-7-20(19)29-21)15-22(26)24-14-18-5-4-12-28-18/h2-3,6-11,13,18H,4-5,12,14-15H2,1H3,(H,24,26)/b21-13+/t18-/m0/s1. The fourth-order valence-corrected chi connectivity index (χ4v) is 4.52. The monoisotopic (exact) mass is 408 g/mol. The molecule has 0 radical (unpaired) electrons. The van der Waals surface area contributed by atoms with Crippen LogP contribution >= 0.6 is 11.8 Å². The average Bonchev–Trinajstić information content (AvgIpc) is 3.25. The molecule has 2 heterocycles. The molecular weight excluding hydrogens is 384 g/mol. The van der Waals surface area contributed by atoms with Crippen molar-refractivity contribution in [3.63, 3.8) is 0 Å². The number of thioether (sulfide) groups is 1. The van der Waals surface area contributed by atoms with Gasteiger partial charge < -0.3 is 10.1 Å². The Morgan fingerprint density at radius 2 is 2.03 bits per heavy atom. The van der Waals surface area contributed by atoms with E-state index in [9.17, 15) is 9.59 Å². The number of nitrogens with one attached hydrogen (secondary N) is 1. The summed E-state index contributed by atoms with van der Waals surface area (Å²) in [6.45, 7) is 3.27. The van der Waals surface area contributed by atoms with Gasteiger partial charge in [0.1, 0.15) is 6.54 Å². The minimum absolute atomic E-state index is 0.00559. The summed E-state index contributed by atoms with van der Waals surface area (Å²) in [7, 11) is 0. The molecule has 0 spiro atoms. The normalized spacial score (nSPS) is 20.0. The molecule has 0 aromatic heterocycles. The van der Waals surface area contributed by atoms with Gasteiger partial charge in [0.2, 0.25) is 5.91 Å². The first-order valence-corrected chi connectivity index (χ1v) is 10.7. The summed E-state index contributed by atoms with van der Waals surface area (Å²) in [6, 6.07) is 15.7. The van der Waals surface area contributed by atoms with E-state index in [1.165, 1.54) is 17.3 Å². The van der Waals surface area contributed by atoms with Crippen molar-refractivity contribution in [3.8, 4) is 0 Å². The van der Waals surface area contributed by atoms with E-state index in [0.29, 0.717) is 11.4 Å². The number of nitrogens with zero attached hydrogens (tertiary/aromatic N) is 1. The van der Waals surface area contributed by atoms with Gasteiger partial charge in [0.15, 0.2) is 0 Å². The molecule has 2 aromatic rings. The number of carbonyl (C=O) groups excluding carboxylic acids is 2. The maximum Gasteiger partial charge on any atom is 0.265 e. The lowest BCUT2D eigenvalue weighted by molar-refractivity contribution is -0.122. The highest BCUT2D eigenvalue weighted by Crippen LogP contribution is 2.41. The summed E-state index contributed by atoms with van der Waals surface area (Å²) >= 11 is 1.45. The van der Waals surface area contributed by atoms with Gasteiger partial charge in [0.05, 0.1) is 16.7 Å². The van der Waals surface area contributed by atoms with Crippen molar-refractivity contribution in [1.29, 1.82) is 0 Å². The Morgan fingerprint density at radius 3 is 2.79 bits per heavy atom. The van der Waals surface area contributed by atoms with Crippen LogP contribution in [0.25, 0.3) is 6.08 Å². The van der Waals surface area contributed by atoms with Crippen LogP contribution in [0.1, 0.15) is 24.0 Å². The van der Waals surface area contributed by atoms with Gasteiger partial charge in [-0.1, -0.05) is 53.7 Å². The van der Waals surface area contributed by atoms with Gasteiger partial charge in [-0.2, -0.15) is 0 Å². The summed E-state index contributed by atoms with van der Waals surface area (Å²) in [5.41, 5.74) is 2.91. The van der Waals surface area contributed by atoms with Gasteiger partial charge in [0.25, 0.3) is 5.91 Å². The average molecular weight is 409 g/mol. The molecule has 5 nitrogen and oxygen atoms in total. The van der Waals surface area contributed by atoms with Gasteiger partial charge in [-0.25, -0.2) is 0 Å². The van der Waals surface area contributed by atoms with E-state index in [1.54, 1.807) is 4.90 Å². The Morgan fingerprint density at radius 1 is 1.24 bits per heavy atom. The minimum atomic E-state index is -0.176. The Kier molecular flexibility index (Phi) is 6.02. The molecule has 150 valence electrons. The maximum atomic E-state index is 13.2. The number of aryl methyl sites for hydroxylation is 1. The molecule has 1 atom stereocenters. The second-order valence-corrected chi connectivity index (χ2v) is 8.40. The fourth-order valence-electron chi connectivity index (χ4n) is 3.47. The minimum Gasteiger partial charge on any atom is -0.376 e. The van der Waals surface area contributed by atoms with Crippen molar-refractivity contribution in [3.05, 3.63) is 64.6 Å². The van der Waals surface area contributed by atoms with E-state index < -0.39 is 0 Å². The lowest BCUT2D eigenvalue weighted by atomic mass is 10.1.